The number of hydrogen-bond acceptors (Lipinski definition) is 2. The third-order valence-electron chi connectivity index (χ3n) is 2.97. The molecular weight excluding hydrogens is 368 g/mol. The zero-order valence-electron chi connectivity index (χ0n) is 10.9. The van der Waals surface area contributed by atoms with Crippen molar-refractivity contribution in [3.05, 3.63) is 54.6 Å². The van der Waals surface area contributed by atoms with Crippen molar-refractivity contribution in [2.75, 3.05) is 6.54 Å². The van der Waals surface area contributed by atoms with Crippen LogP contribution in [0.2, 0.25) is 4.34 Å². The van der Waals surface area contributed by atoms with Gasteiger partial charge < -0.3 is 5.32 Å². The van der Waals surface area contributed by atoms with Gasteiger partial charge >= 0.3 is 0 Å². The van der Waals surface area contributed by atoms with Crippen molar-refractivity contribution in [2.45, 2.75) is 19.9 Å². The van der Waals surface area contributed by atoms with Crippen LogP contribution in [0.5, 0.6) is 0 Å². The lowest BCUT2D eigenvalue weighted by Crippen LogP contribution is -2.23. The summed E-state index contributed by atoms with van der Waals surface area (Å²) in [4.78, 5) is 0.770. The predicted molar refractivity (Wildman–Crippen MR) is 83.6 cm³/mol. The Labute approximate surface area is 134 Å². The van der Waals surface area contributed by atoms with E-state index in [1.807, 2.05) is 6.92 Å². The summed E-state index contributed by atoms with van der Waals surface area (Å²) in [5.74, 6) is -1.07. The van der Waals surface area contributed by atoms with E-state index < -0.39 is 17.7 Å². The maximum absolute atomic E-state index is 14.3. The number of benzene rings is 1. The highest BCUT2D eigenvalue weighted by Crippen LogP contribution is 2.38. The highest BCUT2D eigenvalue weighted by Gasteiger charge is 2.24. The van der Waals surface area contributed by atoms with Crippen LogP contribution in [0.15, 0.2) is 22.7 Å². The van der Waals surface area contributed by atoms with Crippen molar-refractivity contribution in [2.24, 2.45) is 0 Å². The van der Waals surface area contributed by atoms with Crippen molar-refractivity contribution < 1.29 is 8.78 Å². The van der Waals surface area contributed by atoms with Gasteiger partial charge in [-0.05, 0) is 47.1 Å². The van der Waals surface area contributed by atoms with E-state index in [2.05, 4.69) is 21.2 Å². The van der Waals surface area contributed by atoms with Gasteiger partial charge in [-0.1, -0.05) is 24.6 Å². The molecule has 0 bridgehead atoms. The molecule has 0 fully saturated rings. The molecule has 2 rings (SSSR count). The van der Waals surface area contributed by atoms with Gasteiger partial charge in [-0.2, -0.15) is 0 Å². The first-order valence-corrected chi connectivity index (χ1v) is 8.07. The molecule has 0 spiro atoms. The fourth-order valence-electron chi connectivity index (χ4n) is 2.00. The molecule has 0 amide bonds. The second kappa shape index (κ2) is 6.52. The molecule has 0 aliphatic heterocycles. The standard InChI is InChI=1S/C14H13BrClF2NS/c1-3-19-13(10-6-8(15)14(16)20-10)11-9(17)5-4-7(2)12(11)18/h4-6,13,19H,3H2,1-2H3. The van der Waals surface area contributed by atoms with Gasteiger partial charge in [-0.25, -0.2) is 8.78 Å². The van der Waals surface area contributed by atoms with Crippen LogP contribution in [0, 0.1) is 18.6 Å². The third-order valence-corrected chi connectivity index (χ3v) is 5.50. The number of hydrogen-bond donors (Lipinski definition) is 1. The Kier molecular flexibility index (Phi) is 5.18. The maximum Gasteiger partial charge on any atom is 0.134 e. The summed E-state index contributed by atoms with van der Waals surface area (Å²) in [5, 5.41) is 3.12. The molecule has 6 heteroatoms. The van der Waals surface area contributed by atoms with Crippen molar-refractivity contribution in [3.8, 4) is 0 Å². The second-order valence-electron chi connectivity index (χ2n) is 4.35. The normalized spacial score (nSPS) is 12.7. The highest BCUT2D eigenvalue weighted by molar-refractivity contribution is 9.10. The van der Waals surface area contributed by atoms with E-state index in [1.54, 1.807) is 13.0 Å². The number of rotatable bonds is 4. The molecule has 0 aliphatic carbocycles. The summed E-state index contributed by atoms with van der Waals surface area (Å²) in [6.45, 7) is 4.10. The number of nitrogens with one attached hydrogen (secondary N) is 1. The molecular formula is C14H13BrClF2NS. The number of halogens is 4. The first-order valence-electron chi connectivity index (χ1n) is 6.08. The molecule has 1 aromatic carbocycles. The molecule has 108 valence electrons. The van der Waals surface area contributed by atoms with Crippen LogP contribution in [0.3, 0.4) is 0 Å². The minimum atomic E-state index is -0.556. The molecule has 0 radical (unpaired) electrons. The average Bonchev–Trinajstić information content (AvgIpc) is 2.73. The molecule has 1 aromatic heterocycles. The second-order valence-corrected chi connectivity index (χ2v) is 6.89. The van der Waals surface area contributed by atoms with Gasteiger partial charge in [-0.3, -0.25) is 0 Å². The SMILES string of the molecule is CCNC(c1cc(Br)c(Cl)s1)c1c(F)ccc(C)c1F. The van der Waals surface area contributed by atoms with Crippen LogP contribution in [-0.2, 0) is 0 Å². The van der Waals surface area contributed by atoms with Gasteiger partial charge in [0.25, 0.3) is 0 Å². The van der Waals surface area contributed by atoms with E-state index in [9.17, 15) is 8.78 Å². The van der Waals surface area contributed by atoms with Crippen LogP contribution in [0.4, 0.5) is 8.78 Å². The summed E-state index contributed by atoms with van der Waals surface area (Å²) in [5.41, 5.74) is 0.461. The topological polar surface area (TPSA) is 12.0 Å². The molecule has 1 nitrogen and oxygen atoms in total. The lowest BCUT2D eigenvalue weighted by molar-refractivity contribution is 0.509. The summed E-state index contributed by atoms with van der Waals surface area (Å²) < 4.78 is 29.7. The van der Waals surface area contributed by atoms with Crippen LogP contribution >= 0.6 is 38.9 Å². The Morgan fingerprint density at radius 1 is 1.40 bits per heavy atom. The minimum absolute atomic E-state index is 0.0391. The van der Waals surface area contributed by atoms with Crippen LogP contribution < -0.4 is 5.32 Å². The summed E-state index contributed by atoms with van der Waals surface area (Å²) in [6, 6.07) is 3.98. The Hall–Kier alpha value is -0.490. The number of thiophene rings is 1. The summed E-state index contributed by atoms with van der Waals surface area (Å²) in [6.07, 6.45) is 0. The van der Waals surface area contributed by atoms with Crippen molar-refractivity contribution in [1.29, 1.82) is 0 Å². The van der Waals surface area contributed by atoms with Gasteiger partial charge in [0.05, 0.1) is 6.04 Å². The molecule has 1 N–H and O–H groups in total. The zero-order chi connectivity index (χ0) is 14.9. The van der Waals surface area contributed by atoms with Gasteiger partial charge in [0, 0.05) is 14.9 Å². The average molecular weight is 381 g/mol. The van der Waals surface area contributed by atoms with Crippen LogP contribution in [0.25, 0.3) is 0 Å². The molecule has 0 saturated carbocycles. The number of aryl methyl sites for hydroxylation is 1. The molecule has 1 heterocycles. The van der Waals surface area contributed by atoms with E-state index in [1.165, 1.54) is 23.5 Å². The first kappa shape index (κ1) is 15.9. The van der Waals surface area contributed by atoms with E-state index in [-0.39, 0.29) is 5.56 Å². The Bertz CT molecular complexity index is 610. The molecule has 0 saturated heterocycles. The fraction of sp³-hybridized carbons (Fsp3) is 0.286. The van der Waals surface area contributed by atoms with Crippen molar-refractivity contribution >= 4 is 38.9 Å². The molecule has 20 heavy (non-hydrogen) atoms. The highest BCUT2D eigenvalue weighted by atomic mass is 79.9. The van der Waals surface area contributed by atoms with Crippen molar-refractivity contribution in [3.63, 3.8) is 0 Å². The van der Waals surface area contributed by atoms with Gasteiger partial charge in [-0.15, -0.1) is 11.3 Å². The van der Waals surface area contributed by atoms with Gasteiger partial charge in [0.2, 0.25) is 0 Å². The third kappa shape index (κ3) is 3.06. The largest absolute Gasteiger partial charge is 0.306 e. The van der Waals surface area contributed by atoms with E-state index >= 15 is 0 Å². The smallest absolute Gasteiger partial charge is 0.134 e. The molecule has 2 aromatic rings. The van der Waals surface area contributed by atoms with Crippen LogP contribution in [-0.4, -0.2) is 6.54 Å². The van der Waals surface area contributed by atoms with E-state index in [0.29, 0.717) is 16.4 Å². The molecule has 1 unspecified atom stereocenters. The maximum atomic E-state index is 14.3. The van der Waals surface area contributed by atoms with E-state index in [4.69, 9.17) is 11.6 Å². The Morgan fingerprint density at radius 3 is 2.65 bits per heavy atom. The Morgan fingerprint density at radius 2 is 2.10 bits per heavy atom. The van der Waals surface area contributed by atoms with Gasteiger partial charge in [0.1, 0.15) is 16.0 Å². The lowest BCUT2D eigenvalue weighted by Gasteiger charge is -2.19. The first-order chi connectivity index (χ1) is 9.45. The molecule has 0 aliphatic rings. The van der Waals surface area contributed by atoms with E-state index in [0.717, 1.165) is 9.35 Å². The minimum Gasteiger partial charge on any atom is -0.306 e. The van der Waals surface area contributed by atoms with Crippen molar-refractivity contribution in [1.82, 2.24) is 5.32 Å². The lowest BCUT2D eigenvalue weighted by atomic mass is 10.0. The summed E-state index contributed by atoms with van der Waals surface area (Å²) >= 11 is 10.7. The Balaban J connectivity index is 2.57. The summed E-state index contributed by atoms with van der Waals surface area (Å²) in [7, 11) is 0. The van der Waals surface area contributed by atoms with Crippen LogP contribution in [0.1, 0.15) is 29.0 Å². The monoisotopic (exact) mass is 379 g/mol. The van der Waals surface area contributed by atoms with Gasteiger partial charge in [0.15, 0.2) is 0 Å². The molecule has 1 atom stereocenters. The quantitative estimate of drug-likeness (QED) is 0.743. The zero-order valence-corrected chi connectivity index (χ0v) is 14.1. The fourth-order valence-corrected chi connectivity index (χ4v) is 3.82. The predicted octanol–water partition coefficient (Wildman–Crippen LogP) is 5.45.